The zero-order valence-electron chi connectivity index (χ0n) is 18.0. The number of fused-ring (bicyclic) bond motifs is 1. The Bertz CT molecular complexity index is 1090. The molecule has 32 heavy (non-hydrogen) atoms. The average Bonchev–Trinajstić information content (AvgIpc) is 3.37. The molecule has 0 unspecified atom stereocenters. The molecule has 0 bridgehead atoms. The maximum atomic E-state index is 10.6. The fourth-order valence-electron chi connectivity index (χ4n) is 4.54. The molecular weight excluding hydrogens is 430 g/mol. The van der Waals surface area contributed by atoms with Crippen molar-refractivity contribution in [3.8, 4) is 23.0 Å². The molecule has 2 aliphatic heterocycles. The van der Waals surface area contributed by atoms with Crippen molar-refractivity contribution < 1.29 is 19.0 Å². The maximum Gasteiger partial charge on any atom is 0.251 e. The van der Waals surface area contributed by atoms with Gasteiger partial charge in [0.25, 0.3) is 5.89 Å². The summed E-state index contributed by atoms with van der Waals surface area (Å²) in [6, 6.07) is 13.3. The molecule has 7 nitrogen and oxygen atoms in total. The fourth-order valence-corrected chi connectivity index (χ4v) is 4.73. The lowest BCUT2D eigenvalue weighted by atomic mass is 9.87. The lowest BCUT2D eigenvalue weighted by Gasteiger charge is -2.39. The number of ether oxygens (including phenoxy) is 2. The summed E-state index contributed by atoms with van der Waals surface area (Å²) in [5.41, 5.74) is 1.76. The molecule has 0 saturated carbocycles. The van der Waals surface area contributed by atoms with Crippen LogP contribution in [0.3, 0.4) is 0 Å². The van der Waals surface area contributed by atoms with E-state index in [4.69, 9.17) is 25.5 Å². The second-order valence-corrected chi connectivity index (χ2v) is 9.04. The van der Waals surface area contributed by atoms with Gasteiger partial charge in [0.1, 0.15) is 29.8 Å². The van der Waals surface area contributed by atoms with Crippen LogP contribution in [0.2, 0.25) is 5.02 Å². The summed E-state index contributed by atoms with van der Waals surface area (Å²) < 4.78 is 17.7. The van der Waals surface area contributed by atoms with Crippen LogP contribution in [-0.2, 0) is 6.42 Å². The predicted molar refractivity (Wildman–Crippen MR) is 120 cm³/mol. The number of likely N-dealkylation sites (tertiary alicyclic amines) is 1. The molecule has 2 aromatic carbocycles. The Morgan fingerprint density at radius 1 is 1.19 bits per heavy atom. The molecule has 0 aliphatic carbocycles. The van der Waals surface area contributed by atoms with Gasteiger partial charge in [0, 0.05) is 50.8 Å². The molecule has 3 aromatic rings. The number of aromatic nitrogens is 2. The molecule has 168 valence electrons. The number of hydrogen-bond acceptors (Lipinski definition) is 7. The lowest BCUT2D eigenvalue weighted by Crippen LogP contribution is -2.49. The standard InChI is InChI=1S/C24H26ClN3O4/c1-16-26-27-23(31-16)20-4-2-3-5-22(20)30-15-19(29)14-28-10-8-24(9-11-28)13-17-12-18(25)6-7-21(17)32-24/h2-7,12,19,29H,8-11,13-15H2,1H3/t19-/m0/s1. The number of β-amino-alcohol motifs (C(OH)–C–C–N with tert-alkyl or cyclic N) is 1. The largest absolute Gasteiger partial charge is 0.490 e. The van der Waals surface area contributed by atoms with E-state index in [-0.39, 0.29) is 12.2 Å². The third-order valence-electron chi connectivity index (χ3n) is 6.17. The monoisotopic (exact) mass is 455 g/mol. The van der Waals surface area contributed by atoms with Crippen molar-refractivity contribution >= 4 is 11.6 Å². The first-order valence-corrected chi connectivity index (χ1v) is 11.3. The Hall–Kier alpha value is -2.61. The third-order valence-corrected chi connectivity index (χ3v) is 6.41. The van der Waals surface area contributed by atoms with Crippen LogP contribution in [0.25, 0.3) is 11.5 Å². The molecule has 1 N–H and O–H groups in total. The highest BCUT2D eigenvalue weighted by molar-refractivity contribution is 6.30. The van der Waals surface area contributed by atoms with E-state index in [9.17, 15) is 5.11 Å². The van der Waals surface area contributed by atoms with E-state index >= 15 is 0 Å². The molecular formula is C24H26ClN3O4. The van der Waals surface area contributed by atoms with Gasteiger partial charge < -0.3 is 23.9 Å². The first kappa shape index (κ1) is 21.2. The van der Waals surface area contributed by atoms with E-state index in [2.05, 4.69) is 15.1 Å². The zero-order valence-corrected chi connectivity index (χ0v) is 18.7. The lowest BCUT2D eigenvalue weighted by molar-refractivity contribution is -0.00192. The molecule has 1 atom stereocenters. The molecule has 1 aromatic heterocycles. The van der Waals surface area contributed by atoms with E-state index in [1.54, 1.807) is 6.92 Å². The Balaban J connectivity index is 1.13. The summed E-state index contributed by atoms with van der Waals surface area (Å²) >= 11 is 6.14. The number of aliphatic hydroxyl groups is 1. The Labute approximate surface area is 191 Å². The molecule has 8 heteroatoms. The van der Waals surface area contributed by atoms with Crippen molar-refractivity contribution in [2.24, 2.45) is 0 Å². The minimum atomic E-state index is -0.609. The summed E-state index contributed by atoms with van der Waals surface area (Å²) in [6.07, 6.45) is 2.13. The maximum absolute atomic E-state index is 10.6. The van der Waals surface area contributed by atoms with Crippen LogP contribution in [-0.4, -0.2) is 58.1 Å². The molecule has 0 amide bonds. The van der Waals surface area contributed by atoms with Gasteiger partial charge in [-0.1, -0.05) is 23.7 Å². The summed E-state index contributed by atoms with van der Waals surface area (Å²) in [5.74, 6) is 2.47. The molecule has 5 rings (SSSR count). The zero-order chi connectivity index (χ0) is 22.1. The Morgan fingerprint density at radius 2 is 2.00 bits per heavy atom. The summed E-state index contributed by atoms with van der Waals surface area (Å²) in [5, 5.41) is 19.3. The SMILES string of the molecule is Cc1nnc(-c2ccccc2OC[C@@H](O)CN2CCC3(CC2)Cc2cc(Cl)ccc2O3)o1. The second kappa shape index (κ2) is 8.73. The van der Waals surface area contributed by atoms with E-state index in [0.717, 1.165) is 48.7 Å². The van der Waals surface area contributed by atoms with E-state index in [1.807, 2.05) is 42.5 Å². The van der Waals surface area contributed by atoms with Gasteiger partial charge in [0.05, 0.1) is 5.56 Å². The molecule has 2 aliphatic rings. The number of piperidine rings is 1. The van der Waals surface area contributed by atoms with Gasteiger partial charge in [-0.2, -0.15) is 0 Å². The minimum absolute atomic E-state index is 0.147. The topological polar surface area (TPSA) is 80.9 Å². The predicted octanol–water partition coefficient (Wildman–Crippen LogP) is 3.91. The van der Waals surface area contributed by atoms with E-state index < -0.39 is 6.10 Å². The summed E-state index contributed by atoms with van der Waals surface area (Å²) in [6.45, 7) is 4.23. The van der Waals surface area contributed by atoms with Crippen LogP contribution >= 0.6 is 11.6 Å². The number of aliphatic hydroxyl groups excluding tert-OH is 1. The van der Waals surface area contributed by atoms with Crippen LogP contribution in [0.1, 0.15) is 24.3 Å². The third kappa shape index (κ3) is 4.46. The quantitative estimate of drug-likeness (QED) is 0.603. The van der Waals surface area contributed by atoms with Gasteiger partial charge >= 0.3 is 0 Å². The number of aryl methyl sites for hydroxylation is 1. The molecule has 1 fully saturated rings. The molecule has 3 heterocycles. The minimum Gasteiger partial charge on any atom is -0.490 e. The van der Waals surface area contributed by atoms with Crippen molar-refractivity contribution in [2.45, 2.75) is 37.9 Å². The van der Waals surface area contributed by atoms with Crippen molar-refractivity contribution in [3.05, 3.63) is 58.9 Å². The first-order chi connectivity index (χ1) is 15.5. The fraction of sp³-hybridized carbons (Fsp3) is 0.417. The van der Waals surface area contributed by atoms with Crippen molar-refractivity contribution in [1.82, 2.24) is 15.1 Å². The summed E-state index contributed by atoms with van der Waals surface area (Å²) in [4.78, 5) is 2.27. The number of para-hydroxylation sites is 1. The number of benzene rings is 2. The van der Waals surface area contributed by atoms with E-state index in [0.29, 0.717) is 24.1 Å². The van der Waals surface area contributed by atoms with Crippen LogP contribution in [0, 0.1) is 6.92 Å². The second-order valence-electron chi connectivity index (χ2n) is 8.60. The normalized spacial score (nSPS) is 18.3. The van der Waals surface area contributed by atoms with Gasteiger partial charge in [-0.3, -0.25) is 0 Å². The van der Waals surface area contributed by atoms with Gasteiger partial charge in [-0.15, -0.1) is 10.2 Å². The van der Waals surface area contributed by atoms with Crippen LogP contribution in [0.15, 0.2) is 46.9 Å². The number of nitrogens with zero attached hydrogens (tertiary/aromatic N) is 3. The van der Waals surface area contributed by atoms with E-state index in [1.165, 1.54) is 5.56 Å². The highest BCUT2D eigenvalue weighted by Crippen LogP contribution is 2.42. The molecule has 0 radical (unpaired) electrons. The van der Waals surface area contributed by atoms with Gasteiger partial charge in [0.2, 0.25) is 5.89 Å². The Kier molecular flexibility index (Phi) is 5.80. The number of hydrogen-bond donors (Lipinski definition) is 1. The molecule has 1 spiro atoms. The molecule has 1 saturated heterocycles. The first-order valence-electron chi connectivity index (χ1n) is 10.9. The Morgan fingerprint density at radius 3 is 2.78 bits per heavy atom. The highest BCUT2D eigenvalue weighted by atomic mass is 35.5. The van der Waals surface area contributed by atoms with Crippen molar-refractivity contribution in [2.75, 3.05) is 26.2 Å². The number of halogens is 1. The average molecular weight is 456 g/mol. The van der Waals surface area contributed by atoms with Gasteiger partial charge in [0.15, 0.2) is 0 Å². The summed E-state index contributed by atoms with van der Waals surface area (Å²) in [7, 11) is 0. The number of rotatable bonds is 6. The highest BCUT2D eigenvalue weighted by Gasteiger charge is 2.42. The smallest absolute Gasteiger partial charge is 0.251 e. The van der Waals surface area contributed by atoms with Crippen molar-refractivity contribution in [3.63, 3.8) is 0 Å². The van der Waals surface area contributed by atoms with Gasteiger partial charge in [-0.05, 0) is 35.9 Å². The van der Waals surface area contributed by atoms with Crippen LogP contribution < -0.4 is 9.47 Å². The van der Waals surface area contributed by atoms with Crippen molar-refractivity contribution in [1.29, 1.82) is 0 Å². The van der Waals surface area contributed by atoms with Crippen LogP contribution in [0.4, 0.5) is 0 Å². The van der Waals surface area contributed by atoms with Crippen LogP contribution in [0.5, 0.6) is 11.5 Å². The van der Waals surface area contributed by atoms with Gasteiger partial charge in [-0.25, -0.2) is 0 Å².